The molecule has 0 bridgehead atoms. The third kappa shape index (κ3) is 3.10. The van der Waals surface area contributed by atoms with E-state index in [1.807, 2.05) is 0 Å². The first-order chi connectivity index (χ1) is 12.5. The molecule has 0 aliphatic carbocycles. The minimum Gasteiger partial charge on any atom is -0.494 e. The average Bonchev–Trinajstić information content (AvgIpc) is 3.02. The fourth-order valence-electron chi connectivity index (χ4n) is 3.47. The minimum absolute atomic E-state index is 0.0125. The highest BCUT2D eigenvalue weighted by atomic mass is 16.6. The topological polar surface area (TPSA) is 89.6 Å². The van der Waals surface area contributed by atoms with Gasteiger partial charge in [-0.3, -0.25) is 10.1 Å². The summed E-state index contributed by atoms with van der Waals surface area (Å²) in [7, 11) is 1.42. The number of anilines is 1. The molecule has 0 saturated heterocycles. The van der Waals surface area contributed by atoms with Gasteiger partial charge < -0.3 is 19.5 Å². The number of nitro benzene ring substituents is 1. The van der Waals surface area contributed by atoms with Crippen molar-refractivity contribution in [2.75, 3.05) is 19.0 Å². The molecule has 8 nitrogen and oxygen atoms in total. The summed E-state index contributed by atoms with van der Waals surface area (Å²) in [5, 5.41) is 13.7. The van der Waals surface area contributed by atoms with Crippen LogP contribution in [0, 0.1) is 17.0 Å². The molecule has 8 heteroatoms. The van der Waals surface area contributed by atoms with Gasteiger partial charge in [0.2, 0.25) is 0 Å². The number of hydrogen-bond donors (Lipinski definition) is 1. The molecule has 1 atom stereocenters. The second-order valence-corrected chi connectivity index (χ2v) is 6.24. The van der Waals surface area contributed by atoms with Gasteiger partial charge in [-0.1, -0.05) is 6.92 Å². The Morgan fingerprint density at radius 3 is 2.77 bits per heavy atom. The molecule has 0 fully saturated rings. The summed E-state index contributed by atoms with van der Waals surface area (Å²) >= 11 is 0. The number of aryl methyl sites for hydroxylation is 1. The molecule has 2 heterocycles. The smallest absolute Gasteiger partial charge is 0.322 e. The molecule has 138 valence electrons. The summed E-state index contributed by atoms with van der Waals surface area (Å²) in [6.07, 6.45) is 0.800. The Bertz CT molecular complexity index is 846. The van der Waals surface area contributed by atoms with Gasteiger partial charge in [0, 0.05) is 30.5 Å². The lowest BCUT2D eigenvalue weighted by atomic mass is 10.1. The van der Waals surface area contributed by atoms with Crippen LogP contribution in [0.4, 0.5) is 16.2 Å². The Kier molecular flexibility index (Phi) is 4.83. The van der Waals surface area contributed by atoms with Crippen LogP contribution < -0.4 is 10.1 Å². The number of carbonyl (C=O) groups excluding carboxylic acids is 1. The van der Waals surface area contributed by atoms with Crippen LogP contribution in [0.2, 0.25) is 0 Å². The van der Waals surface area contributed by atoms with E-state index in [1.54, 1.807) is 4.90 Å². The van der Waals surface area contributed by atoms with Crippen molar-refractivity contribution in [2.24, 2.45) is 0 Å². The molecule has 1 unspecified atom stereocenters. The Morgan fingerprint density at radius 1 is 1.35 bits per heavy atom. The minimum atomic E-state index is -0.498. The number of non-ortho nitro benzene ring substituents is 1. The van der Waals surface area contributed by atoms with Gasteiger partial charge in [0.1, 0.15) is 5.75 Å². The summed E-state index contributed by atoms with van der Waals surface area (Å²) in [5.74, 6) is 0.261. The van der Waals surface area contributed by atoms with Crippen molar-refractivity contribution in [1.82, 2.24) is 9.47 Å². The van der Waals surface area contributed by atoms with Gasteiger partial charge >= 0.3 is 6.03 Å². The number of ether oxygens (including phenoxy) is 1. The van der Waals surface area contributed by atoms with E-state index in [0.29, 0.717) is 12.2 Å². The monoisotopic (exact) mass is 358 g/mol. The van der Waals surface area contributed by atoms with E-state index in [2.05, 4.69) is 35.9 Å². The summed E-state index contributed by atoms with van der Waals surface area (Å²) in [6.45, 7) is 5.46. The number of rotatable bonds is 4. The van der Waals surface area contributed by atoms with Crippen LogP contribution in [0.1, 0.15) is 30.8 Å². The molecule has 0 saturated carbocycles. The molecular formula is C18H22N4O4. The molecule has 1 aromatic carbocycles. The first-order valence-electron chi connectivity index (χ1n) is 8.52. The molecule has 1 N–H and O–H groups in total. The number of aromatic nitrogens is 1. The lowest BCUT2D eigenvalue weighted by Crippen LogP contribution is -2.44. The quantitative estimate of drug-likeness (QED) is 0.666. The van der Waals surface area contributed by atoms with Crippen molar-refractivity contribution < 1.29 is 14.5 Å². The standard InChI is InChI=1S/C18H22N4O4/c1-4-15-16-8-5-12(2)20(16)9-10-21(15)18(23)19-14-7-6-13(22(24)25)11-17(14)26-3/h5-8,11,15H,4,9-10H2,1-3H3,(H,19,23). The summed E-state index contributed by atoms with van der Waals surface area (Å²) < 4.78 is 7.44. The van der Waals surface area contributed by atoms with E-state index in [9.17, 15) is 14.9 Å². The van der Waals surface area contributed by atoms with E-state index in [0.717, 1.165) is 18.7 Å². The van der Waals surface area contributed by atoms with Crippen molar-refractivity contribution in [2.45, 2.75) is 32.9 Å². The van der Waals surface area contributed by atoms with Crippen LogP contribution >= 0.6 is 0 Å². The van der Waals surface area contributed by atoms with Gasteiger partial charge in [-0.25, -0.2) is 4.79 Å². The molecule has 0 radical (unpaired) electrons. The Hall–Kier alpha value is -3.03. The molecular weight excluding hydrogens is 336 g/mol. The van der Waals surface area contributed by atoms with Crippen molar-refractivity contribution in [3.05, 3.63) is 51.8 Å². The van der Waals surface area contributed by atoms with Crippen LogP contribution in [0.3, 0.4) is 0 Å². The third-order valence-electron chi connectivity index (χ3n) is 4.80. The fraction of sp³-hybridized carbons (Fsp3) is 0.389. The predicted molar refractivity (Wildman–Crippen MR) is 97.6 cm³/mol. The molecule has 26 heavy (non-hydrogen) atoms. The largest absolute Gasteiger partial charge is 0.494 e. The number of nitro groups is 1. The van der Waals surface area contributed by atoms with Gasteiger partial charge in [0.05, 0.1) is 29.8 Å². The van der Waals surface area contributed by atoms with Crippen molar-refractivity contribution >= 4 is 17.4 Å². The van der Waals surface area contributed by atoms with Crippen LogP contribution in [0.5, 0.6) is 5.75 Å². The Labute approximate surface area is 151 Å². The van der Waals surface area contributed by atoms with Crippen molar-refractivity contribution in [3.63, 3.8) is 0 Å². The first kappa shape index (κ1) is 17.8. The number of urea groups is 1. The first-order valence-corrected chi connectivity index (χ1v) is 8.52. The highest BCUT2D eigenvalue weighted by molar-refractivity contribution is 5.91. The highest BCUT2D eigenvalue weighted by Gasteiger charge is 2.30. The highest BCUT2D eigenvalue weighted by Crippen LogP contribution is 2.33. The van der Waals surface area contributed by atoms with E-state index in [1.165, 1.54) is 31.0 Å². The summed E-state index contributed by atoms with van der Waals surface area (Å²) in [5.41, 5.74) is 2.64. The number of fused-ring (bicyclic) bond motifs is 1. The lowest BCUT2D eigenvalue weighted by molar-refractivity contribution is -0.384. The van der Waals surface area contributed by atoms with E-state index in [-0.39, 0.29) is 23.5 Å². The maximum Gasteiger partial charge on any atom is 0.322 e. The molecule has 0 spiro atoms. The number of amides is 2. The number of carbonyl (C=O) groups is 1. The number of hydrogen-bond acceptors (Lipinski definition) is 4. The molecule has 2 amide bonds. The van der Waals surface area contributed by atoms with E-state index >= 15 is 0 Å². The van der Waals surface area contributed by atoms with Gasteiger partial charge in [0.15, 0.2) is 0 Å². The predicted octanol–water partition coefficient (Wildman–Crippen LogP) is 3.71. The summed E-state index contributed by atoms with van der Waals surface area (Å²) in [6, 6.07) is 8.02. The van der Waals surface area contributed by atoms with Gasteiger partial charge in [-0.15, -0.1) is 0 Å². The van der Waals surface area contributed by atoms with Crippen LogP contribution in [0.15, 0.2) is 30.3 Å². The third-order valence-corrected chi connectivity index (χ3v) is 4.80. The SMILES string of the molecule is CCC1c2ccc(C)n2CCN1C(=O)Nc1ccc([N+](=O)[O-])cc1OC. The number of benzene rings is 1. The molecule has 2 aromatic rings. The van der Waals surface area contributed by atoms with Gasteiger partial charge in [-0.05, 0) is 31.5 Å². The van der Waals surface area contributed by atoms with Crippen LogP contribution in [0.25, 0.3) is 0 Å². The normalized spacial score (nSPS) is 16.1. The molecule has 1 aliphatic heterocycles. The molecule has 3 rings (SSSR count). The summed E-state index contributed by atoms with van der Waals surface area (Å²) in [4.78, 5) is 25.1. The molecule has 1 aromatic heterocycles. The van der Waals surface area contributed by atoms with Gasteiger partial charge in [0.25, 0.3) is 5.69 Å². The number of nitrogens with zero attached hydrogens (tertiary/aromatic N) is 3. The van der Waals surface area contributed by atoms with Crippen LogP contribution in [-0.4, -0.2) is 34.1 Å². The number of nitrogens with one attached hydrogen (secondary N) is 1. The van der Waals surface area contributed by atoms with Gasteiger partial charge in [-0.2, -0.15) is 0 Å². The zero-order chi connectivity index (χ0) is 18.8. The second kappa shape index (κ2) is 7.07. The lowest BCUT2D eigenvalue weighted by Gasteiger charge is -2.37. The Balaban J connectivity index is 1.83. The average molecular weight is 358 g/mol. The second-order valence-electron chi connectivity index (χ2n) is 6.24. The van der Waals surface area contributed by atoms with E-state index in [4.69, 9.17) is 4.74 Å². The van der Waals surface area contributed by atoms with Crippen molar-refractivity contribution in [3.8, 4) is 5.75 Å². The zero-order valence-corrected chi connectivity index (χ0v) is 15.1. The Morgan fingerprint density at radius 2 is 2.12 bits per heavy atom. The maximum absolute atomic E-state index is 12.9. The molecule has 1 aliphatic rings. The van der Waals surface area contributed by atoms with Crippen LogP contribution in [-0.2, 0) is 6.54 Å². The number of methoxy groups -OCH3 is 1. The zero-order valence-electron chi connectivity index (χ0n) is 15.1. The maximum atomic E-state index is 12.9. The van der Waals surface area contributed by atoms with Crippen molar-refractivity contribution in [1.29, 1.82) is 0 Å². The van der Waals surface area contributed by atoms with E-state index < -0.39 is 4.92 Å². The fourth-order valence-corrected chi connectivity index (χ4v) is 3.47.